The van der Waals surface area contributed by atoms with Crippen molar-refractivity contribution in [2.75, 3.05) is 13.2 Å². The molecule has 98 valence electrons. The van der Waals surface area contributed by atoms with Gasteiger partial charge in [0.05, 0.1) is 12.8 Å². The van der Waals surface area contributed by atoms with Gasteiger partial charge in [0.25, 0.3) is 0 Å². The largest absolute Gasteiger partial charge is 0.485 e. The second kappa shape index (κ2) is 5.72. The van der Waals surface area contributed by atoms with Gasteiger partial charge in [-0.1, -0.05) is 0 Å². The van der Waals surface area contributed by atoms with Gasteiger partial charge in [-0.15, -0.1) is 11.3 Å². The number of carbonyl (C=O) groups is 2. The van der Waals surface area contributed by atoms with Gasteiger partial charge < -0.3 is 19.3 Å². The van der Waals surface area contributed by atoms with E-state index in [9.17, 15) is 9.59 Å². The topological polar surface area (TPSA) is 82.1 Å². The minimum Gasteiger partial charge on any atom is -0.485 e. The van der Waals surface area contributed by atoms with Gasteiger partial charge in [-0.2, -0.15) is 0 Å². The fraction of sp³-hybridized carbons (Fsp3) is 0.455. The number of carboxylic acids is 1. The van der Waals surface area contributed by atoms with Crippen LogP contribution in [0, 0.1) is 0 Å². The molecular weight excluding hydrogens is 260 g/mol. The van der Waals surface area contributed by atoms with Crippen LogP contribution in [0.25, 0.3) is 0 Å². The predicted octanol–water partition coefficient (Wildman–Crippen LogP) is 1.30. The minimum atomic E-state index is -1.02. The van der Waals surface area contributed by atoms with E-state index in [1.54, 1.807) is 0 Å². The first kappa shape index (κ1) is 12.7. The maximum atomic E-state index is 11.2. The number of hydrogen-bond donors (Lipinski definition) is 1. The summed E-state index contributed by atoms with van der Waals surface area (Å²) in [6, 6.07) is 0. The molecule has 0 aromatic carbocycles. The highest BCUT2D eigenvalue weighted by Gasteiger charge is 2.23. The molecule has 0 bridgehead atoms. The highest BCUT2D eigenvalue weighted by molar-refractivity contribution is 7.08. The normalized spacial score (nSPS) is 17.2. The van der Waals surface area contributed by atoms with E-state index in [1.807, 2.05) is 10.8 Å². The summed E-state index contributed by atoms with van der Waals surface area (Å²) >= 11 is 1.47. The van der Waals surface area contributed by atoms with Gasteiger partial charge >= 0.3 is 11.9 Å². The molecule has 0 amide bonds. The van der Waals surface area contributed by atoms with Gasteiger partial charge in [-0.25, -0.2) is 0 Å². The molecule has 1 aromatic heterocycles. The van der Waals surface area contributed by atoms with Crippen molar-refractivity contribution in [2.45, 2.75) is 18.9 Å². The fourth-order valence-electron chi connectivity index (χ4n) is 1.41. The van der Waals surface area contributed by atoms with Crippen LogP contribution in [0.15, 0.2) is 10.8 Å². The number of fused-ring (bicyclic) bond motifs is 1. The highest BCUT2D eigenvalue weighted by atomic mass is 32.1. The number of rotatable bonds is 5. The molecule has 7 heteroatoms. The molecule has 0 aliphatic carbocycles. The molecule has 1 unspecified atom stereocenters. The number of carboxylic acid groups (broad SMARTS) is 1. The summed E-state index contributed by atoms with van der Waals surface area (Å²) in [5.74, 6) is -0.212. The van der Waals surface area contributed by atoms with E-state index in [1.165, 1.54) is 11.3 Å². The minimum absolute atomic E-state index is 0.0632. The van der Waals surface area contributed by atoms with Crippen molar-refractivity contribution < 1.29 is 28.9 Å². The quantitative estimate of drug-likeness (QED) is 0.813. The lowest BCUT2D eigenvalue weighted by molar-refractivity contribution is -0.150. The van der Waals surface area contributed by atoms with Crippen molar-refractivity contribution >= 4 is 23.3 Å². The molecule has 0 saturated carbocycles. The van der Waals surface area contributed by atoms with Crippen LogP contribution in [0.1, 0.15) is 12.8 Å². The van der Waals surface area contributed by atoms with Crippen LogP contribution in [0.5, 0.6) is 11.5 Å². The summed E-state index contributed by atoms with van der Waals surface area (Å²) in [6.07, 6.45) is -0.705. The lowest BCUT2D eigenvalue weighted by Gasteiger charge is -2.23. The molecule has 1 N–H and O–H groups in total. The van der Waals surface area contributed by atoms with E-state index in [0.717, 1.165) is 0 Å². The average Bonchev–Trinajstić information content (AvgIpc) is 2.81. The van der Waals surface area contributed by atoms with Crippen molar-refractivity contribution in [1.29, 1.82) is 0 Å². The van der Waals surface area contributed by atoms with Crippen LogP contribution < -0.4 is 9.47 Å². The Morgan fingerprint density at radius 2 is 2.17 bits per heavy atom. The van der Waals surface area contributed by atoms with E-state index in [-0.39, 0.29) is 25.6 Å². The summed E-state index contributed by atoms with van der Waals surface area (Å²) in [5.41, 5.74) is 0. The predicted molar refractivity (Wildman–Crippen MR) is 62.1 cm³/mol. The zero-order valence-corrected chi connectivity index (χ0v) is 10.3. The Labute approximate surface area is 107 Å². The molecule has 1 aliphatic heterocycles. The molecule has 0 spiro atoms. The monoisotopic (exact) mass is 272 g/mol. The number of esters is 1. The third-order valence-corrected chi connectivity index (χ3v) is 2.98. The van der Waals surface area contributed by atoms with Crippen molar-refractivity contribution in [2.24, 2.45) is 0 Å². The van der Waals surface area contributed by atoms with Crippen molar-refractivity contribution in [3.05, 3.63) is 10.8 Å². The zero-order chi connectivity index (χ0) is 13.0. The summed E-state index contributed by atoms with van der Waals surface area (Å²) in [5, 5.41) is 12.1. The molecule has 2 rings (SSSR count). The smallest absolute Gasteiger partial charge is 0.306 e. The van der Waals surface area contributed by atoms with Crippen LogP contribution in [0.3, 0.4) is 0 Å². The third-order valence-electron chi connectivity index (χ3n) is 2.28. The number of aliphatic carboxylic acids is 1. The molecule has 18 heavy (non-hydrogen) atoms. The first-order chi connectivity index (χ1) is 8.65. The highest BCUT2D eigenvalue weighted by Crippen LogP contribution is 2.35. The SMILES string of the molecule is O=C(O)CCC(=O)OCC1COc2cscc2O1. The summed E-state index contributed by atoms with van der Waals surface area (Å²) in [4.78, 5) is 21.5. The molecule has 2 heterocycles. The van der Waals surface area contributed by atoms with E-state index < -0.39 is 11.9 Å². The third kappa shape index (κ3) is 3.36. The van der Waals surface area contributed by atoms with E-state index in [0.29, 0.717) is 18.1 Å². The van der Waals surface area contributed by atoms with Gasteiger partial charge in [0.15, 0.2) is 17.6 Å². The Morgan fingerprint density at radius 1 is 1.39 bits per heavy atom. The van der Waals surface area contributed by atoms with Crippen LogP contribution in [0.4, 0.5) is 0 Å². The molecule has 1 aromatic rings. The Bertz CT molecular complexity index is 440. The number of ether oxygens (including phenoxy) is 3. The molecule has 1 atom stereocenters. The maximum Gasteiger partial charge on any atom is 0.306 e. The van der Waals surface area contributed by atoms with E-state index in [4.69, 9.17) is 19.3 Å². The van der Waals surface area contributed by atoms with Gasteiger partial charge in [-0.05, 0) is 0 Å². The van der Waals surface area contributed by atoms with Gasteiger partial charge in [0.2, 0.25) is 0 Å². The van der Waals surface area contributed by atoms with Crippen molar-refractivity contribution in [3.63, 3.8) is 0 Å². The average molecular weight is 272 g/mol. The lowest BCUT2D eigenvalue weighted by Crippen LogP contribution is -2.33. The Morgan fingerprint density at radius 3 is 2.94 bits per heavy atom. The second-order valence-corrected chi connectivity index (χ2v) is 4.47. The molecular formula is C11H12O6S. The van der Waals surface area contributed by atoms with Crippen LogP contribution in [-0.2, 0) is 14.3 Å². The van der Waals surface area contributed by atoms with Crippen molar-refractivity contribution in [3.8, 4) is 11.5 Å². The number of thiophene rings is 1. The first-order valence-corrected chi connectivity index (χ1v) is 6.32. The first-order valence-electron chi connectivity index (χ1n) is 5.38. The molecule has 6 nitrogen and oxygen atoms in total. The maximum absolute atomic E-state index is 11.2. The standard InChI is InChI=1S/C11H12O6S/c12-10(13)1-2-11(14)16-4-7-3-15-8-5-18-6-9(8)17-7/h5-7H,1-4H2,(H,12,13). The number of carbonyl (C=O) groups excluding carboxylic acids is 1. The van der Waals surface area contributed by atoms with Crippen LogP contribution in [-0.4, -0.2) is 36.4 Å². The Kier molecular flexibility index (Phi) is 4.03. The number of hydrogen-bond acceptors (Lipinski definition) is 6. The van der Waals surface area contributed by atoms with Crippen LogP contribution >= 0.6 is 11.3 Å². The van der Waals surface area contributed by atoms with Gasteiger partial charge in [0.1, 0.15) is 13.2 Å². The van der Waals surface area contributed by atoms with E-state index >= 15 is 0 Å². The van der Waals surface area contributed by atoms with Gasteiger partial charge in [0, 0.05) is 10.8 Å². The molecule has 1 aliphatic rings. The summed E-state index contributed by atoms with van der Waals surface area (Å²) < 4.78 is 15.9. The summed E-state index contributed by atoms with van der Waals surface area (Å²) in [7, 11) is 0. The summed E-state index contributed by atoms with van der Waals surface area (Å²) in [6.45, 7) is 0.379. The Balaban J connectivity index is 1.72. The molecule has 0 fully saturated rings. The van der Waals surface area contributed by atoms with E-state index in [2.05, 4.69) is 0 Å². The zero-order valence-electron chi connectivity index (χ0n) is 9.46. The second-order valence-electron chi connectivity index (χ2n) is 3.73. The molecule has 0 radical (unpaired) electrons. The fourth-order valence-corrected chi connectivity index (χ4v) is 2.08. The van der Waals surface area contributed by atoms with Crippen molar-refractivity contribution in [1.82, 2.24) is 0 Å². The molecule has 0 saturated heterocycles. The lowest BCUT2D eigenvalue weighted by atomic mass is 10.3. The van der Waals surface area contributed by atoms with Crippen LogP contribution in [0.2, 0.25) is 0 Å². The van der Waals surface area contributed by atoms with Gasteiger partial charge in [-0.3, -0.25) is 9.59 Å². The Hall–Kier alpha value is -1.76.